The van der Waals surface area contributed by atoms with Crippen molar-refractivity contribution in [3.8, 4) is 17.1 Å². The maximum atomic E-state index is 12.8. The van der Waals surface area contributed by atoms with Crippen molar-refractivity contribution in [2.75, 3.05) is 6.54 Å². The first kappa shape index (κ1) is 24.4. The SMILES string of the molecule is CC(C)(C)OC(=O)C(C)(C)N1CCc2oc(-c3ccc(OCc4ccc(Cl)cc4)cc3)cc2C1. The molecule has 1 aromatic heterocycles. The molecule has 0 radical (unpaired) electrons. The minimum absolute atomic E-state index is 0.207. The summed E-state index contributed by atoms with van der Waals surface area (Å²) in [7, 11) is 0. The first-order valence-corrected chi connectivity index (χ1v) is 12.0. The topological polar surface area (TPSA) is 51.9 Å². The van der Waals surface area contributed by atoms with Crippen LogP contribution in [0.1, 0.15) is 51.5 Å². The van der Waals surface area contributed by atoms with Crippen molar-refractivity contribution in [2.45, 2.75) is 65.3 Å². The van der Waals surface area contributed by atoms with Crippen LogP contribution < -0.4 is 4.74 Å². The summed E-state index contributed by atoms with van der Waals surface area (Å²) in [5, 5.41) is 0.714. The zero-order valence-corrected chi connectivity index (χ0v) is 21.2. The van der Waals surface area contributed by atoms with Crippen LogP contribution >= 0.6 is 11.6 Å². The first-order valence-electron chi connectivity index (χ1n) is 11.6. The second-order valence-electron chi connectivity index (χ2n) is 10.2. The lowest BCUT2D eigenvalue weighted by molar-refractivity contribution is -0.168. The average molecular weight is 482 g/mol. The van der Waals surface area contributed by atoms with E-state index in [2.05, 4.69) is 11.0 Å². The smallest absolute Gasteiger partial charge is 0.326 e. The Labute approximate surface area is 206 Å². The van der Waals surface area contributed by atoms with Crippen LogP contribution in [0, 0.1) is 0 Å². The highest BCUT2D eigenvalue weighted by molar-refractivity contribution is 6.30. The molecule has 0 atom stereocenters. The fourth-order valence-corrected chi connectivity index (χ4v) is 4.07. The van der Waals surface area contributed by atoms with Gasteiger partial charge in [-0.05, 0) is 82.6 Å². The summed E-state index contributed by atoms with van der Waals surface area (Å²) in [5.41, 5.74) is 1.94. The number of hydrogen-bond acceptors (Lipinski definition) is 5. The predicted molar refractivity (Wildman–Crippen MR) is 134 cm³/mol. The molecule has 0 saturated heterocycles. The number of rotatable bonds is 6. The molecule has 5 nitrogen and oxygen atoms in total. The molecule has 34 heavy (non-hydrogen) atoms. The molecule has 0 fully saturated rings. The third kappa shape index (κ3) is 5.65. The van der Waals surface area contributed by atoms with Crippen LogP contribution in [0.5, 0.6) is 5.75 Å². The summed E-state index contributed by atoms with van der Waals surface area (Å²) in [5.74, 6) is 2.39. The molecule has 180 valence electrons. The molecule has 2 heterocycles. The number of carbonyl (C=O) groups is 1. The molecule has 0 amide bonds. The minimum Gasteiger partial charge on any atom is -0.489 e. The maximum Gasteiger partial charge on any atom is 0.326 e. The van der Waals surface area contributed by atoms with Crippen LogP contribution in [-0.2, 0) is 29.1 Å². The number of furan rings is 1. The van der Waals surface area contributed by atoms with Crippen LogP contribution in [-0.4, -0.2) is 28.6 Å². The Morgan fingerprint density at radius 3 is 2.35 bits per heavy atom. The molecule has 6 heteroatoms. The third-order valence-corrected chi connectivity index (χ3v) is 6.27. The Kier molecular flexibility index (Phi) is 6.79. The molecule has 4 rings (SSSR count). The van der Waals surface area contributed by atoms with Gasteiger partial charge in [0.05, 0.1) is 0 Å². The molecule has 3 aromatic rings. The van der Waals surface area contributed by atoms with E-state index >= 15 is 0 Å². The lowest BCUT2D eigenvalue weighted by atomic mass is 9.97. The van der Waals surface area contributed by atoms with Crippen molar-refractivity contribution in [1.29, 1.82) is 0 Å². The first-order chi connectivity index (χ1) is 16.0. The molecular formula is C28H32ClNO4. The van der Waals surface area contributed by atoms with Crippen molar-refractivity contribution in [3.05, 3.63) is 76.5 Å². The van der Waals surface area contributed by atoms with Crippen molar-refractivity contribution >= 4 is 17.6 Å². The van der Waals surface area contributed by atoms with Gasteiger partial charge in [-0.3, -0.25) is 9.69 Å². The van der Waals surface area contributed by atoms with Crippen LogP contribution in [0.2, 0.25) is 5.02 Å². The number of esters is 1. The molecule has 0 saturated carbocycles. The van der Waals surface area contributed by atoms with Crippen molar-refractivity contribution in [3.63, 3.8) is 0 Å². The normalized spacial score (nSPS) is 14.5. The summed E-state index contributed by atoms with van der Waals surface area (Å²) < 4.78 is 17.7. The van der Waals surface area contributed by atoms with Crippen molar-refractivity contribution < 1.29 is 18.7 Å². The molecule has 2 aromatic carbocycles. The average Bonchev–Trinajstić information content (AvgIpc) is 3.21. The fourth-order valence-electron chi connectivity index (χ4n) is 3.95. The molecule has 0 aliphatic carbocycles. The standard InChI is InChI=1S/C28H32ClNO4/c1-27(2,3)34-26(31)28(4,5)30-15-14-24-21(17-30)16-25(33-24)20-8-12-23(13-9-20)32-18-19-6-10-22(29)11-7-19/h6-13,16H,14-15,17-18H2,1-5H3. The molecular weight excluding hydrogens is 450 g/mol. The molecule has 1 aliphatic rings. The highest BCUT2D eigenvalue weighted by atomic mass is 35.5. The van der Waals surface area contributed by atoms with Gasteiger partial charge in [0.1, 0.15) is 35.0 Å². The number of halogens is 1. The van der Waals surface area contributed by atoms with Gasteiger partial charge in [0.25, 0.3) is 0 Å². The van der Waals surface area contributed by atoms with E-state index in [0.717, 1.165) is 46.9 Å². The van der Waals surface area contributed by atoms with E-state index in [4.69, 9.17) is 25.5 Å². The van der Waals surface area contributed by atoms with Gasteiger partial charge in [0.15, 0.2) is 0 Å². The van der Waals surface area contributed by atoms with Gasteiger partial charge in [-0.1, -0.05) is 23.7 Å². The third-order valence-electron chi connectivity index (χ3n) is 6.01. The number of hydrogen-bond donors (Lipinski definition) is 0. The Balaban J connectivity index is 1.41. The zero-order valence-electron chi connectivity index (χ0n) is 20.5. The second kappa shape index (κ2) is 9.47. The van der Waals surface area contributed by atoms with Crippen LogP contribution in [0.3, 0.4) is 0 Å². The van der Waals surface area contributed by atoms with Gasteiger partial charge < -0.3 is 13.9 Å². The number of ether oxygens (including phenoxy) is 2. The summed E-state index contributed by atoms with van der Waals surface area (Å²) in [4.78, 5) is 15.0. The van der Waals surface area contributed by atoms with Gasteiger partial charge in [-0.25, -0.2) is 0 Å². The largest absolute Gasteiger partial charge is 0.489 e. The van der Waals surface area contributed by atoms with E-state index < -0.39 is 11.1 Å². The minimum atomic E-state index is -0.717. The van der Waals surface area contributed by atoms with Crippen molar-refractivity contribution in [1.82, 2.24) is 4.90 Å². The van der Waals surface area contributed by atoms with E-state index in [-0.39, 0.29) is 5.97 Å². The highest BCUT2D eigenvalue weighted by Crippen LogP contribution is 2.33. The number of nitrogens with zero attached hydrogens (tertiary/aromatic N) is 1. The fraction of sp³-hybridized carbons (Fsp3) is 0.393. The number of carbonyl (C=O) groups excluding carboxylic acids is 1. The highest BCUT2D eigenvalue weighted by Gasteiger charge is 2.40. The summed E-state index contributed by atoms with van der Waals surface area (Å²) in [6, 6.07) is 17.6. The van der Waals surface area contributed by atoms with E-state index in [1.54, 1.807) is 0 Å². The molecule has 0 bridgehead atoms. The Morgan fingerprint density at radius 1 is 1.03 bits per heavy atom. The lowest BCUT2D eigenvalue weighted by Crippen LogP contribution is -2.53. The Morgan fingerprint density at radius 2 is 1.71 bits per heavy atom. The molecule has 0 spiro atoms. The van der Waals surface area contributed by atoms with Gasteiger partial charge in [0, 0.05) is 35.7 Å². The summed E-state index contributed by atoms with van der Waals surface area (Å²) in [6.07, 6.45) is 0.754. The van der Waals surface area contributed by atoms with Crippen LogP contribution in [0.25, 0.3) is 11.3 Å². The van der Waals surface area contributed by atoms with E-state index in [9.17, 15) is 4.79 Å². The Bertz CT molecular complexity index is 1140. The van der Waals surface area contributed by atoms with Crippen LogP contribution in [0.15, 0.2) is 59.0 Å². The number of benzene rings is 2. The predicted octanol–water partition coefficient (Wildman–Crippen LogP) is 6.66. The number of fused-ring (bicyclic) bond motifs is 1. The maximum absolute atomic E-state index is 12.8. The lowest BCUT2D eigenvalue weighted by Gasteiger charge is -2.39. The van der Waals surface area contributed by atoms with Gasteiger partial charge in [-0.2, -0.15) is 0 Å². The summed E-state index contributed by atoms with van der Waals surface area (Å²) in [6.45, 7) is 11.4. The van der Waals surface area contributed by atoms with E-state index in [1.807, 2.05) is 83.1 Å². The molecule has 1 aliphatic heterocycles. The Hall–Kier alpha value is -2.76. The monoisotopic (exact) mass is 481 g/mol. The molecule has 0 unspecified atom stereocenters. The summed E-state index contributed by atoms with van der Waals surface area (Å²) >= 11 is 5.94. The quantitative estimate of drug-likeness (QED) is 0.368. The van der Waals surface area contributed by atoms with E-state index in [0.29, 0.717) is 18.2 Å². The van der Waals surface area contributed by atoms with Gasteiger partial charge >= 0.3 is 5.97 Å². The second-order valence-corrected chi connectivity index (χ2v) is 10.7. The van der Waals surface area contributed by atoms with Crippen LogP contribution in [0.4, 0.5) is 0 Å². The van der Waals surface area contributed by atoms with Gasteiger partial charge in [0.2, 0.25) is 0 Å². The van der Waals surface area contributed by atoms with E-state index in [1.165, 1.54) is 0 Å². The van der Waals surface area contributed by atoms with Crippen molar-refractivity contribution in [2.24, 2.45) is 0 Å². The zero-order chi connectivity index (χ0) is 24.5. The molecule has 0 N–H and O–H groups in total. The van der Waals surface area contributed by atoms with Gasteiger partial charge in [-0.15, -0.1) is 0 Å².